The van der Waals surface area contributed by atoms with Crippen molar-refractivity contribution in [3.63, 3.8) is 0 Å². The first kappa shape index (κ1) is 37.6. The van der Waals surface area contributed by atoms with Gasteiger partial charge in [-0.25, -0.2) is 0 Å². The average molecular weight is 730 g/mol. The number of nitrogens with one attached hydrogen (secondary N) is 3. The van der Waals surface area contributed by atoms with Gasteiger partial charge in [0.05, 0.1) is 49.8 Å². The fourth-order valence-electron chi connectivity index (χ4n) is 6.65. The van der Waals surface area contributed by atoms with E-state index < -0.39 is 17.6 Å². The van der Waals surface area contributed by atoms with Gasteiger partial charge in [-0.05, 0) is 72.9 Å². The Bertz CT molecular complexity index is 1920. The van der Waals surface area contributed by atoms with E-state index in [0.29, 0.717) is 67.5 Å². The summed E-state index contributed by atoms with van der Waals surface area (Å²) >= 11 is 0. The zero-order valence-electron chi connectivity index (χ0n) is 29.7. The Hall–Kier alpha value is -5.11. The van der Waals surface area contributed by atoms with E-state index in [4.69, 9.17) is 4.74 Å². The van der Waals surface area contributed by atoms with E-state index >= 15 is 0 Å². The molecule has 2 fully saturated rings. The second-order valence-electron chi connectivity index (χ2n) is 13.5. The minimum absolute atomic E-state index is 0.0126. The van der Waals surface area contributed by atoms with Crippen molar-refractivity contribution in [3.8, 4) is 11.3 Å². The van der Waals surface area contributed by atoms with Crippen molar-refractivity contribution in [1.29, 1.82) is 0 Å². The molecule has 1 aromatic heterocycles. The number of nitrogens with zero attached hydrogens (tertiary/aromatic N) is 3. The Morgan fingerprint density at radius 3 is 2.38 bits per heavy atom. The zero-order valence-corrected chi connectivity index (χ0v) is 29.7. The molecule has 3 amide bonds. The number of hydrogen-bond donors (Lipinski definition) is 3. The first-order chi connectivity index (χ1) is 25.5. The molecule has 0 atom stereocenters. The lowest BCUT2D eigenvalue weighted by Crippen LogP contribution is -3.08. The summed E-state index contributed by atoms with van der Waals surface area (Å²) in [5.41, 5.74) is 3.68. The van der Waals surface area contributed by atoms with E-state index in [-0.39, 0.29) is 23.9 Å². The summed E-state index contributed by atoms with van der Waals surface area (Å²) in [6.07, 6.45) is 0.406. The largest absolute Gasteiger partial charge is 0.416 e. The van der Waals surface area contributed by atoms with E-state index in [9.17, 15) is 27.6 Å². The number of morpholine rings is 1. The minimum atomic E-state index is -4.49. The predicted molar refractivity (Wildman–Crippen MR) is 195 cm³/mol. The third-order valence-corrected chi connectivity index (χ3v) is 9.64. The number of likely N-dealkylation sites (N-methyl/N-ethyl adjacent to an activating group) is 1. The van der Waals surface area contributed by atoms with E-state index in [1.54, 1.807) is 36.2 Å². The van der Waals surface area contributed by atoms with Crippen LogP contribution in [0.1, 0.15) is 56.7 Å². The van der Waals surface area contributed by atoms with Crippen LogP contribution in [0.2, 0.25) is 0 Å². The molecule has 2 aliphatic rings. The summed E-state index contributed by atoms with van der Waals surface area (Å²) in [4.78, 5) is 49.5. The number of pyridine rings is 1. The van der Waals surface area contributed by atoms with Crippen molar-refractivity contribution in [2.45, 2.75) is 38.5 Å². The maximum Gasteiger partial charge on any atom is 0.416 e. The van der Waals surface area contributed by atoms with Gasteiger partial charge in [-0.1, -0.05) is 24.3 Å². The van der Waals surface area contributed by atoms with Gasteiger partial charge in [-0.3, -0.25) is 24.3 Å². The number of hydrogen-bond acceptors (Lipinski definition) is 6. The van der Waals surface area contributed by atoms with Gasteiger partial charge in [-0.15, -0.1) is 0 Å². The highest BCUT2D eigenvalue weighted by molar-refractivity contribution is 6.06. The quantitative estimate of drug-likeness (QED) is 0.202. The van der Waals surface area contributed by atoms with Crippen LogP contribution in [0.4, 0.5) is 24.5 Å². The summed E-state index contributed by atoms with van der Waals surface area (Å²) < 4.78 is 45.0. The van der Waals surface area contributed by atoms with Gasteiger partial charge in [0.2, 0.25) is 5.91 Å². The van der Waals surface area contributed by atoms with Crippen LogP contribution in [-0.2, 0) is 28.8 Å². The highest BCUT2D eigenvalue weighted by Gasteiger charge is 2.30. The van der Waals surface area contributed by atoms with Gasteiger partial charge in [0, 0.05) is 68.2 Å². The van der Waals surface area contributed by atoms with Gasteiger partial charge in [0.25, 0.3) is 11.8 Å². The number of aromatic nitrogens is 1. The molecule has 3 aromatic carbocycles. The number of carbonyl (C=O) groups is 3. The number of rotatable bonds is 11. The fourth-order valence-corrected chi connectivity index (χ4v) is 6.65. The monoisotopic (exact) mass is 729 g/mol. The molecular formula is C40H44F3N6O4+. The van der Waals surface area contributed by atoms with Gasteiger partial charge in [0.15, 0.2) is 0 Å². The zero-order chi connectivity index (χ0) is 37.4. The van der Waals surface area contributed by atoms with Crippen molar-refractivity contribution in [2.24, 2.45) is 0 Å². The number of anilines is 1. The van der Waals surface area contributed by atoms with E-state index in [1.807, 2.05) is 24.3 Å². The topological polar surface area (TPSA) is 108 Å². The number of halogens is 3. The lowest BCUT2D eigenvalue weighted by Gasteiger charge is -2.28. The summed E-state index contributed by atoms with van der Waals surface area (Å²) in [5.74, 6) is -0.829. The molecule has 0 aliphatic carbocycles. The highest BCUT2D eigenvalue weighted by atomic mass is 19.4. The average Bonchev–Trinajstić information content (AvgIpc) is 3.17. The third-order valence-electron chi connectivity index (χ3n) is 9.64. The standard InChI is InChI=1S/C40H43F3N6O4/c1-47(37(50)27-48-17-19-53-20-18-48)26-29-8-5-9-30(21-29)39(52)46-35-12-11-33(49-15-3-2-4-16-49)24-34(35)36-23-31(13-14-44-36)38(51)45-25-28-7-6-10-32(22-28)40(41,42)43/h5-14,21-24H,2-4,15-20,25-27H2,1H3,(H,45,51)(H,46,52)/p+1. The Morgan fingerprint density at radius 1 is 0.868 bits per heavy atom. The smallest absolute Gasteiger partial charge is 0.379 e. The van der Waals surface area contributed by atoms with Crippen LogP contribution in [0.15, 0.2) is 85.1 Å². The van der Waals surface area contributed by atoms with E-state index in [2.05, 4.69) is 20.5 Å². The van der Waals surface area contributed by atoms with Gasteiger partial charge in [-0.2, -0.15) is 13.2 Å². The van der Waals surface area contributed by atoms with Crippen molar-refractivity contribution < 1.29 is 37.2 Å². The van der Waals surface area contributed by atoms with Crippen LogP contribution in [0.5, 0.6) is 0 Å². The van der Waals surface area contributed by atoms with Crippen molar-refractivity contribution in [2.75, 3.05) is 58.3 Å². The van der Waals surface area contributed by atoms with Crippen molar-refractivity contribution >= 4 is 29.1 Å². The summed E-state index contributed by atoms with van der Waals surface area (Å²) in [6, 6.07) is 21.0. The molecule has 53 heavy (non-hydrogen) atoms. The number of alkyl halides is 3. The number of benzene rings is 3. The second-order valence-corrected chi connectivity index (χ2v) is 13.5. The Kier molecular flexibility index (Phi) is 12.2. The second kappa shape index (κ2) is 17.1. The number of ether oxygens (including phenoxy) is 1. The molecule has 0 spiro atoms. The van der Waals surface area contributed by atoms with Gasteiger partial charge < -0.3 is 25.2 Å². The summed E-state index contributed by atoms with van der Waals surface area (Å²) in [6.45, 7) is 5.18. The van der Waals surface area contributed by atoms with Crippen molar-refractivity contribution in [1.82, 2.24) is 20.1 Å². The molecule has 3 heterocycles. The fraction of sp³-hybridized carbons (Fsp3) is 0.350. The number of piperidine rings is 1. The third kappa shape index (κ3) is 10.1. The normalized spacial score (nSPS) is 15.5. The van der Waals surface area contributed by atoms with E-state index in [0.717, 1.165) is 49.3 Å². The number of carbonyl (C=O) groups excluding carboxylic acids is 3. The number of amides is 3. The molecular weight excluding hydrogens is 685 g/mol. The van der Waals surface area contributed by atoms with Crippen LogP contribution in [0, 0.1) is 0 Å². The molecule has 2 aliphatic heterocycles. The molecule has 0 unspecified atom stereocenters. The van der Waals surface area contributed by atoms with Crippen LogP contribution >= 0.6 is 0 Å². The Labute approximate surface area is 306 Å². The molecule has 13 heteroatoms. The van der Waals surface area contributed by atoms with Gasteiger partial charge in [0.1, 0.15) is 5.69 Å². The predicted octanol–water partition coefficient (Wildman–Crippen LogP) is 4.94. The molecule has 3 N–H and O–H groups in total. The maximum atomic E-state index is 13.7. The molecule has 6 rings (SSSR count). The Balaban J connectivity index is 1.20. The molecule has 10 nitrogen and oxygen atoms in total. The SMILES string of the molecule is CN(Cc1cccc(C(=O)Nc2ccc([NH+]3CCCCC3)cc2-c2cc(C(=O)NCc3cccc(C(F)(F)F)c3)ccn2)c1)C(=O)CN1CCOCC1. The van der Waals surface area contributed by atoms with Gasteiger partial charge >= 0.3 is 6.18 Å². The molecule has 2 saturated heterocycles. The lowest BCUT2D eigenvalue weighted by molar-refractivity contribution is -0.838. The summed E-state index contributed by atoms with van der Waals surface area (Å²) in [7, 11) is 1.75. The minimum Gasteiger partial charge on any atom is -0.379 e. The molecule has 4 aromatic rings. The van der Waals surface area contributed by atoms with Crippen molar-refractivity contribution in [3.05, 3.63) is 113 Å². The van der Waals surface area contributed by atoms with Crippen LogP contribution in [0.25, 0.3) is 11.3 Å². The Morgan fingerprint density at radius 2 is 1.60 bits per heavy atom. The first-order valence-electron chi connectivity index (χ1n) is 17.9. The van der Waals surface area contributed by atoms with Crippen LogP contribution in [-0.4, -0.2) is 85.5 Å². The first-order valence-corrected chi connectivity index (χ1v) is 17.9. The highest BCUT2D eigenvalue weighted by Crippen LogP contribution is 2.31. The summed E-state index contributed by atoms with van der Waals surface area (Å²) in [5, 5.41) is 5.76. The van der Waals surface area contributed by atoms with Crippen LogP contribution in [0.3, 0.4) is 0 Å². The van der Waals surface area contributed by atoms with E-state index in [1.165, 1.54) is 35.7 Å². The lowest BCUT2D eigenvalue weighted by atomic mass is 10.0. The maximum absolute atomic E-state index is 13.7. The molecule has 0 radical (unpaired) electrons. The van der Waals surface area contributed by atoms with Crippen LogP contribution < -0.4 is 15.5 Å². The molecule has 0 saturated carbocycles. The number of quaternary nitrogens is 1. The molecule has 278 valence electrons. The molecule has 0 bridgehead atoms.